The maximum atomic E-state index is 12.4. The Kier molecular flexibility index (Phi) is 4.60. The van der Waals surface area contributed by atoms with Gasteiger partial charge < -0.3 is 14.4 Å². The first-order chi connectivity index (χ1) is 11.4. The quantitative estimate of drug-likeness (QED) is 0.751. The average Bonchev–Trinajstić information content (AvgIpc) is 3.00. The molecule has 3 heterocycles. The predicted octanol–water partition coefficient (Wildman–Crippen LogP) is -0.540. The summed E-state index contributed by atoms with van der Waals surface area (Å²) in [6.45, 7) is 3.72. The van der Waals surface area contributed by atoms with Crippen LogP contribution < -0.4 is 11.2 Å². The molecule has 2 aromatic heterocycles. The summed E-state index contributed by atoms with van der Waals surface area (Å²) in [5.74, 6) is 0. The first-order valence-electron chi connectivity index (χ1n) is 8.39. The van der Waals surface area contributed by atoms with Crippen molar-refractivity contribution in [1.29, 1.82) is 0 Å². The summed E-state index contributed by atoms with van der Waals surface area (Å²) in [5.41, 5.74) is 0.326. The Hall–Kier alpha value is -1.93. The fourth-order valence-corrected chi connectivity index (χ4v) is 3.47. The molecule has 3 rings (SSSR count). The van der Waals surface area contributed by atoms with Crippen molar-refractivity contribution in [2.45, 2.75) is 25.4 Å². The first kappa shape index (κ1) is 16.9. The van der Waals surface area contributed by atoms with E-state index in [9.17, 15) is 9.59 Å². The number of rotatable bonds is 4. The third-order valence-electron chi connectivity index (χ3n) is 5.09. The highest BCUT2D eigenvalue weighted by molar-refractivity contribution is 5.69. The minimum atomic E-state index is -0.345. The van der Waals surface area contributed by atoms with Crippen LogP contribution in [0.25, 0.3) is 11.2 Å². The number of hydrogen-bond acceptors (Lipinski definition) is 5. The highest BCUT2D eigenvalue weighted by Gasteiger charge is 2.21. The van der Waals surface area contributed by atoms with Gasteiger partial charge in [-0.05, 0) is 33.5 Å². The summed E-state index contributed by atoms with van der Waals surface area (Å²) in [7, 11) is 7.41. The van der Waals surface area contributed by atoms with Gasteiger partial charge in [-0.1, -0.05) is 0 Å². The number of hydrogen-bond donors (Lipinski definition) is 0. The van der Waals surface area contributed by atoms with E-state index in [4.69, 9.17) is 0 Å². The number of piperidine rings is 1. The molecule has 0 aliphatic carbocycles. The average molecular weight is 334 g/mol. The summed E-state index contributed by atoms with van der Waals surface area (Å²) >= 11 is 0. The molecule has 8 heteroatoms. The number of aromatic nitrogens is 4. The molecule has 0 bridgehead atoms. The Morgan fingerprint density at radius 3 is 2.67 bits per heavy atom. The van der Waals surface area contributed by atoms with E-state index in [0.29, 0.717) is 23.8 Å². The lowest BCUT2D eigenvalue weighted by Gasteiger charge is -2.36. The lowest BCUT2D eigenvalue weighted by molar-refractivity contribution is 0.130. The van der Waals surface area contributed by atoms with Crippen molar-refractivity contribution in [2.24, 2.45) is 14.1 Å². The van der Waals surface area contributed by atoms with Gasteiger partial charge in [0.05, 0.1) is 6.33 Å². The molecule has 0 amide bonds. The van der Waals surface area contributed by atoms with Crippen LogP contribution in [0.4, 0.5) is 0 Å². The molecule has 24 heavy (non-hydrogen) atoms. The Labute approximate surface area is 140 Å². The van der Waals surface area contributed by atoms with Crippen molar-refractivity contribution < 1.29 is 0 Å². The zero-order valence-corrected chi connectivity index (χ0v) is 14.9. The third-order valence-corrected chi connectivity index (χ3v) is 5.09. The third kappa shape index (κ3) is 2.91. The normalized spacial score (nSPS) is 19.5. The van der Waals surface area contributed by atoms with Crippen molar-refractivity contribution in [2.75, 3.05) is 33.7 Å². The van der Waals surface area contributed by atoms with Gasteiger partial charge >= 0.3 is 5.69 Å². The van der Waals surface area contributed by atoms with E-state index in [1.807, 2.05) is 4.57 Å². The molecule has 1 aliphatic heterocycles. The van der Waals surface area contributed by atoms with Gasteiger partial charge in [-0.2, -0.15) is 0 Å². The Bertz CT molecular complexity index is 847. The minimum absolute atomic E-state index is 0.282. The SMILES string of the molecule is CN(C)C1CCCN(CCn2cnc3c2c(=O)n(C)c(=O)n3C)C1. The van der Waals surface area contributed by atoms with E-state index in [1.165, 1.54) is 24.5 Å². The highest BCUT2D eigenvalue weighted by atomic mass is 16.2. The maximum absolute atomic E-state index is 12.4. The van der Waals surface area contributed by atoms with Gasteiger partial charge in [0.25, 0.3) is 5.56 Å². The lowest BCUT2D eigenvalue weighted by atomic mass is 10.1. The monoisotopic (exact) mass is 334 g/mol. The molecule has 0 aromatic carbocycles. The van der Waals surface area contributed by atoms with Gasteiger partial charge in [0.15, 0.2) is 11.2 Å². The Balaban J connectivity index is 1.82. The van der Waals surface area contributed by atoms with Crippen molar-refractivity contribution in [3.8, 4) is 0 Å². The van der Waals surface area contributed by atoms with Gasteiger partial charge in [0.1, 0.15) is 0 Å². The first-order valence-corrected chi connectivity index (χ1v) is 8.39. The summed E-state index contributed by atoms with van der Waals surface area (Å²) in [6, 6.07) is 0.590. The molecule has 2 aromatic rings. The summed E-state index contributed by atoms with van der Waals surface area (Å²) in [5, 5.41) is 0. The molecule has 0 radical (unpaired) electrons. The molecule has 1 aliphatic rings. The van der Waals surface area contributed by atoms with Crippen LogP contribution in [0.3, 0.4) is 0 Å². The van der Waals surface area contributed by atoms with E-state index in [2.05, 4.69) is 28.9 Å². The van der Waals surface area contributed by atoms with E-state index < -0.39 is 0 Å². The van der Waals surface area contributed by atoms with Crippen LogP contribution in [-0.2, 0) is 20.6 Å². The van der Waals surface area contributed by atoms with Crippen LogP contribution in [0.1, 0.15) is 12.8 Å². The van der Waals surface area contributed by atoms with Gasteiger partial charge in [-0.15, -0.1) is 0 Å². The number of nitrogens with zero attached hydrogens (tertiary/aromatic N) is 6. The van der Waals surface area contributed by atoms with Crippen molar-refractivity contribution in [1.82, 2.24) is 28.5 Å². The second kappa shape index (κ2) is 6.52. The number of likely N-dealkylation sites (tertiary alicyclic amines) is 1. The molecule has 1 fully saturated rings. The number of likely N-dealkylation sites (N-methyl/N-ethyl adjacent to an activating group) is 1. The second-order valence-electron chi connectivity index (χ2n) is 6.88. The maximum Gasteiger partial charge on any atom is 0.332 e. The van der Waals surface area contributed by atoms with Crippen LogP contribution in [0.5, 0.6) is 0 Å². The van der Waals surface area contributed by atoms with Crippen LogP contribution in [0.15, 0.2) is 15.9 Å². The Morgan fingerprint density at radius 1 is 1.21 bits per heavy atom. The van der Waals surface area contributed by atoms with Crippen molar-refractivity contribution in [3.63, 3.8) is 0 Å². The molecule has 0 saturated carbocycles. The van der Waals surface area contributed by atoms with Gasteiger partial charge in [0.2, 0.25) is 0 Å². The van der Waals surface area contributed by atoms with E-state index in [-0.39, 0.29) is 11.2 Å². The largest absolute Gasteiger partial charge is 0.332 e. The summed E-state index contributed by atoms with van der Waals surface area (Å²) in [4.78, 5) is 33.4. The second-order valence-corrected chi connectivity index (χ2v) is 6.88. The highest BCUT2D eigenvalue weighted by Crippen LogP contribution is 2.14. The molecular formula is C16H26N6O2. The van der Waals surface area contributed by atoms with Crippen molar-refractivity contribution >= 4 is 11.2 Å². The molecule has 132 valence electrons. The van der Waals surface area contributed by atoms with Gasteiger partial charge in [-0.25, -0.2) is 9.78 Å². The molecule has 1 unspecified atom stereocenters. The summed E-state index contributed by atoms with van der Waals surface area (Å²) < 4.78 is 4.44. The zero-order valence-electron chi connectivity index (χ0n) is 14.9. The molecule has 0 N–H and O–H groups in total. The lowest BCUT2D eigenvalue weighted by Crippen LogP contribution is -2.46. The van der Waals surface area contributed by atoms with Crippen LogP contribution in [-0.4, -0.2) is 68.3 Å². The fraction of sp³-hybridized carbons (Fsp3) is 0.688. The zero-order chi connectivity index (χ0) is 17.4. The summed E-state index contributed by atoms with van der Waals surface area (Å²) in [6.07, 6.45) is 4.10. The standard InChI is InChI=1S/C16H26N6O2/c1-18(2)12-6-5-7-21(10-12)8-9-22-11-17-14-13(22)15(23)20(4)16(24)19(14)3/h11-12H,5-10H2,1-4H3. The molecule has 0 spiro atoms. The predicted molar refractivity (Wildman–Crippen MR) is 93.4 cm³/mol. The minimum Gasteiger partial charge on any atom is -0.323 e. The van der Waals surface area contributed by atoms with Gasteiger partial charge in [-0.3, -0.25) is 13.9 Å². The van der Waals surface area contributed by atoms with E-state index in [1.54, 1.807) is 13.4 Å². The van der Waals surface area contributed by atoms with Gasteiger partial charge in [0, 0.05) is 39.8 Å². The van der Waals surface area contributed by atoms with Crippen LogP contribution in [0.2, 0.25) is 0 Å². The molecule has 1 saturated heterocycles. The van der Waals surface area contributed by atoms with E-state index in [0.717, 1.165) is 24.2 Å². The van der Waals surface area contributed by atoms with Crippen LogP contribution >= 0.6 is 0 Å². The van der Waals surface area contributed by atoms with Crippen LogP contribution in [0, 0.1) is 0 Å². The molecule has 1 atom stereocenters. The number of aryl methyl sites for hydroxylation is 1. The smallest absolute Gasteiger partial charge is 0.323 e. The molecular weight excluding hydrogens is 308 g/mol. The van der Waals surface area contributed by atoms with E-state index >= 15 is 0 Å². The van der Waals surface area contributed by atoms with Crippen molar-refractivity contribution in [3.05, 3.63) is 27.2 Å². The molecule has 8 nitrogen and oxygen atoms in total. The fourth-order valence-electron chi connectivity index (χ4n) is 3.47. The Morgan fingerprint density at radius 2 is 1.96 bits per heavy atom. The number of imidazole rings is 1. The number of fused-ring (bicyclic) bond motifs is 1. The topological polar surface area (TPSA) is 68.3 Å².